The molecule has 0 unspecified atom stereocenters. The third-order valence-electron chi connectivity index (χ3n) is 5.18. The molecule has 1 amide bonds. The van der Waals surface area contributed by atoms with Crippen LogP contribution in [0.25, 0.3) is 11.3 Å². The Labute approximate surface area is 216 Å². The average molecular weight is 526 g/mol. The summed E-state index contributed by atoms with van der Waals surface area (Å²) < 4.78 is 0. The van der Waals surface area contributed by atoms with Crippen LogP contribution < -0.4 is 10.2 Å². The van der Waals surface area contributed by atoms with Crippen molar-refractivity contribution in [2.45, 2.75) is 13.0 Å². The highest BCUT2D eigenvalue weighted by Crippen LogP contribution is 2.34. The van der Waals surface area contributed by atoms with Gasteiger partial charge < -0.3 is 15.3 Å². The van der Waals surface area contributed by atoms with Crippen molar-refractivity contribution >= 4 is 57.2 Å². The summed E-state index contributed by atoms with van der Waals surface area (Å²) in [4.78, 5) is 29.9. The van der Waals surface area contributed by atoms with Gasteiger partial charge in [0.15, 0.2) is 5.13 Å². The van der Waals surface area contributed by atoms with Crippen LogP contribution in [0.4, 0.5) is 10.8 Å². The van der Waals surface area contributed by atoms with E-state index in [4.69, 9.17) is 33.3 Å². The minimum absolute atomic E-state index is 0.0746. The van der Waals surface area contributed by atoms with Crippen molar-refractivity contribution in [3.63, 3.8) is 0 Å². The molecule has 0 saturated heterocycles. The summed E-state index contributed by atoms with van der Waals surface area (Å²) in [7, 11) is 0. The van der Waals surface area contributed by atoms with Gasteiger partial charge in [0, 0.05) is 38.8 Å². The number of hydrogen-bond acceptors (Lipinski definition) is 5. The number of benzene rings is 3. The molecule has 0 radical (unpaired) electrons. The van der Waals surface area contributed by atoms with Crippen molar-refractivity contribution in [1.82, 2.24) is 10.3 Å². The Morgan fingerprint density at radius 2 is 1.54 bits per heavy atom. The van der Waals surface area contributed by atoms with E-state index < -0.39 is 5.97 Å². The summed E-state index contributed by atoms with van der Waals surface area (Å²) in [5, 5.41) is 15.5. The summed E-state index contributed by atoms with van der Waals surface area (Å²) in [5.41, 5.74) is 4.17. The monoisotopic (exact) mass is 525 g/mol. The number of carboxylic acids is 1. The van der Waals surface area contributed by atoms with E-state index in [1.807, 2.05) is 66.0 Å². The van der Waals surface area contributed by atoms with Crippen LogP contribution in [-0.4, -0.2) is 28.5 Å². The first-order valence-corrected chi connectivity index (χ1v) is 12.4. The second kappa shape index (κ2) is 11.4. The van der Waals surface area contributed by atoms with E-state index in [-0.39, 0.29) is 18.9 Å². The third-order valence-corrected chi connectivity index (χ3v) is 6.55. The summed E-state index contributed by atoms with van der Waals surface area (Å²) in [6, 6.07) is 22.3. The largest absolute Gasteiger partial charge is 0.481 e. The molecule has 35 heavy (non-hydrogen) atoms. The first kappa shape index (κ1) is 24.7. The molecule has 9 heteroatoms. The molecular formula is C26H21Cl2N3O3S. The third kappa shape index (κ3) is 6.60. The molecule has 0 saturated carbocycles. The summed E-state index contributed by atoms with van der Waals surface area (Å²) in [6.45, 7) is 0.625. The average Bonchev–Trinajstić information content (AvgIpc) is 3.34. The molecule has 6 nitrogen and oxygen atoms in total. The molecule has 0 atom stereocenters. The topological polar surface area (TPSA) is 82.5 Å². The molecule has 0 bridgehead atoms. The number of halogens is 2. The summed E-state index contributed by atoms with van der Waals surface area (Å²) in [5.74, 6) is -1.28. The van der Waals surface area contributed by atoms with Crippen LogP contribution in [0.15, 0.2) is 78.2 Å². The number of amides is 1. The van der Waals surface area contributed by atoms with Gasteiger partial charge in [-0.1, -0.05) is 47.5 Å². The van der Waals surface area contributed by atoms with Gasteiger partial charge >= 0.3 is 5.97 Å². The lowest BCUT2D eigenvalue weighted by atomic mass is 10.1. The smallest absolute Gasteiger partial charge is 0.305 e. The lowest BCUT2D eigenvalue weighted by Crippen LogP contribution is -2.26. The highest BCUT2D eigenvalue weighted by molar-refractivity contribution is 7.14. The number of aliphatic carboxylic acids is 1. The van der Waals surface area contributed by atoms with Crippen molar-refractivity contribution < 1.29 is 14.7 Å². The number of aromatic nitrogens is 1. The molecular weight excluding hydrogens is 505 g/mol. The molecule has 0 aliphatic heterocycles. The van der Waals surface area contributed by atoms with Gasteiger partial charge in [0.2, 0.25) is 0 Å². The quantitative estimate of drug-likeness (QED) is 0.255. The fourth-order valence-electron chi connectivity index (χ4n) is 3.36. The van der Waals surface area contributed by atoms with Crippen molar-refractivity contribution in [3.8, 4) is 11.3 Å². The lowest BCUT2D eigenvalue weighted by molar-refractivity contribution is -0.136. The summed E-state index contributed by atoms with van der Waals surface area (Å²) >= 11 is 13.6. The zero-order chi connectivity index (χ0) is 24.8. The highest BCUT2D eigenvalue weighted by Gasteiger charge is 2.16. The molecule has 178 valence electrons. The van der Waals surface area contributed by atoms with E-state index in [1.165, 1.54) is 11.3 Å². The molecule has 0 aliphatic rings. The summed E-state index contributed by atoms with van der Waals surface area (Å²) in [6.07, 6.45) is -0.126. The Hall–Kier alpha value is -3.39. The Kier molecular flexibility index (Phi) is 8.02. The minimum atomic E-state index is -0.958. The highest BCUT2D eigenvalue weighted by atomic mass is 35.5. The molecule has 4 rings (SSSR count). The van der Waals surface area contributed by atoms with Crippen LogP contribution in [0.2, 0.25) is 10.0 Å². The number of carbonyl (C=O) groups is 2. The number of carbonyl (C=O) groups excluding carboxylic acids is 1. The molecule has 3 aromatic carbocycles. The molecule has 4 aromatic rings. The minimum Gasteiger partial charge on any atom is -0.481 e. The zero-order valence-corrected chi connectivity index (χ0v) is 20.8. The van der Waals surface area contributed by atoms with Gasteiger partial charge in [-0.25, -0.2) is 4.98 Å². The maximum absolute atomic E-state index is 12.3. The van der Waals surface area contributed by atoms with Gasteiger partial charge in [0.05, 0.1) is 18.7 Å². The zero-order valence-electron chi connectivity index (χ0n) is 18.4. The van der Waals surface area contributed by atoms with E-state index in [0.29, 0.717) is 22.2 Å². The molecule has 0 spiro atoms. The van der Waals surface area contributed by atoms with Gasteiger partial charge in [-0.2, -0.15) is 0 Å². The second-order valence-electron chi connectivity index (χ2n) is 7.68. The van der Waals surface area contributed by atoms with Crippen LogP contribution in [0.3, 0.4) is 0 Å². The van der Waals surface area contributed by atoms with E-state index in [0.717, 1.165) is 27.6 Å². The number of nitrogens with one attached hydrogen (secondary N) is 1. The predicted octanol–water partition coefficient (Wildman–Crippen LogP) is 6.66. The van der Waals surface area contributed by atoms with Crippen molar-refractivity contribution in [1.29, 1.82) is 0 Å². The van der Waals surface area contributed by atoms with Crippen LogP contribution in [0, 0.1) is 0 Å². The van der Waals surface area contributed by atoms with Crippen LogP contribution in [0.5, 0.6) is 0 Å². The van der Waals surface area contributed by atoms with Crippen molar-refractivity contribution in [3.05, 3.63) is 99.3 Å². The molecule has 2 N–H and O–H groups in total. The normalized spacial score (nSPS) is 10.7. The van der Waals surface area contributed by atoms with Crippen LogP contribution in [-0.2, 0) is 11.3 Å². The Balaban J connectivity index is 1.60. The number of rotatable bonds is 9. The number of hydrogen-bond donors (Lipinski definition) is 2. The standard InChI is InChI=1S/C26H21Cl2N3O3S/c27-20-7-1-17(2-8-20)15-31(26-30-23(16-35-26)18-3-9-21(28)10-4-18)22-11-5-19(6-12-22)25(34)29-14-13-24(32)33/h1-12,16H,13-15H2,(H,29,34)(H,32,33). The Bertz CT molecular complexity index is 1310. The van der Waals surface area contributed by atoms with Gasteiger partial charge in [-0.3, -0.25) is 9.59 Å². The number of anilines is 2. The van der Waals surface area contributed by atoms with Gasteiger partial charge in [-0.05, 0) is 54.1 Å². The first-order valence-electron chi connectivity index (χ1n) is 10.7. The molecule has 0 aliphatic carbocycles. The van der Waals surface area contributed by atoms with Gasteiger partial charge in [0.1, 0.15) is 0 Å². The molecule has 1 heterocycles. The Morgan fingerprint density at radius 1 is 0.914 bits per heavy atom. The fraction of sp³-hybridized carbons (Fsp3) is 0.115. The SMILES string of the molecule is O=C(O)CCNC(=O)c1ccc(N(Cc2ccc(Cl)cc2)c2nc(-c3ccc(Cl)cc3)cs2)cc1. The lowest BCUT2D eigenvalue weighted by Gasteiger charge is -2.22. The number of carboxylic acid groups (broad SMARTS) is 1. The first-order chi connectivity index (χ1) is 16.9. The number of nitrogens with zero attached hydrogens (tertiary/aromatic N) is 2. The Morgan fingerprint density at radius 3 is 2.17 bits per heavy atom. The van der Waals surface area contributed by atoms with Crippen LogP contribution in [0.1, 0.15) is 22.3 Å². The maximum Gasteiger partial charge on any atom is 0.305 e. The van der Waals surface area contributed by atoms with E-state index in [9.17, 15) is 9.59 Å². The molecule has 1 aromatic heterocycles. The van der Waals surface area contributed by atoms with Gasteiger partial charge in [-0.15, -0.1) is 11.3 Å². The van der Waals surface area contributed by atoms with E-state index in [1.54, 1.807) is 12.1 Å². The van der Waals surface area contributed by atoms with Crippen molar-refractivity contribution in [2.75, 3.05) is 11.4 Å². The van der Waals surface area contributed by atoms with Gasteiger partial charge in [0.25, 0.3) is 5.91 Å². The maximum atomic E-state index is 12.3. The predicted molar refractivity (Wildman–Crippen MR) is 141 cm³/mol. The van der Waals surface area contributed by atoms with Crippen LogP contribution >= 0.6 is 34.5 Å². The number of thiazole rings is 1. The van der Waals surface area contributed by atoms with E-state index >= 15 is 0 Å². The van der Waals surface area contributed by atoms with Crippen molar-refractivity contribution in [2.24, 2.45) is 0 Å². The van der Waals surface area contributed by atoms with E-state index in [2.05, 4.69) is 10.2 Å². The molecule has 0 fully saturated rings. The fourth-order valence-corrected chi connectivity index (χ4v) is 4.47. The second-order valence-corrected chi connectivity index (χ2v) is 9.39.